The Kier molecular flexibility index (Phi) is 2.74. The van der Waals surface area contributed by atoms with Gasteiger partial charge in [-0.2, -0.15) is 0 Å². The molecule has 0 fully saturated rings. The molecule has 2 nitrogen and oxygen atoms in total. The maximum absolute atomic E-state index is 10.0. The van der Waals surface area contributed by atoms with Crippen LogP contribution < -0.4 is 5.32 Å². The molecule has 0 heterocycles. The molecule has 11 heavy (non-hydrogen) atoms. The first-order chi connectivity index (χ1) is 5.24. The number of nitrogens with one attached hydrogen (secondary N) is 1. The van der Waals surface area contributed by atoms with E-state index in [1.165, 1.54) is 0 Å². The number of amides is 1. The van der Waals surface area contributed by atoms with E-state index in [0.29, 0.717) is 22.1 Å². The van der Waals surface area contributed by atoms with Crippen molar-refractivity contribution in [2.75, 3.05) is 5.32 Å². The van der Waals surface area contributed by atoms with Crippen LogP contribution >= 0.6 is 23.2 Å². The fraction of sp³-hybridized carbons (Fsp3) is 0. The Labute approximate surface area is 74.1 Å². The number of hydrogen-bond acceptors (Lipinski definition) is 1. The minimum Gasteiger partial charge on any atom is -0.327 e. The predicted molar refractivity (Wildman–Crippen MR) is 46.1 cm³/mol. The van der Waals surface area contributed by atoms with Crippen LogP contribution in [0.3, 0.4) is 0 Å². The van der Waals surface area contributed by atoms with Crippen LogP contribution in [0.1, 0.15) is 0 Å². The van der Waals surface area contributed by atoms with Crippen LogP contribution in [0.4, 0.5) is 5.69 Å². The minimum atomic E-state index is 0.474. The summed E-state index contributed by atoms with van der Waals surface area (Å²) in [6.45, 7) is 0. The third kappa shape index (κ3) is 2.10. The predicted octanol–water partition coefficient (Wildman–Crippen LogP) is 2.56. The molecule has 0 saturated carbocycles. The summed E-state index contributed by atoms with van der Waals surface area (Å²) >= 11 is 11.3. The fourth-order valence-corrected chi connectivity index (χ4v) is 1.02. The topological polar surface area (TPSA) is 29.1 Å². The van der Waals surface area contributed by atoms with Crippen LogP contribution in [0.15, 0.2) is 18.2 Å². The van der Waals surface area contributed by atoms with Gasteiger partial charge in [-0.1, -0.05) is 23.2 Å². The van der Waals surface area contributed by atoms with Crippen molar-refractivity contribution in [3.63, 3.8) is 0 Å². The van der Waals surface area contributed by atoms with E-state index in [1.54, 1.807) is 18.2 Å². The van der Waals surface area contributed by atoms with Crippen molar-refractivity contribution in [2.45, 2.75) is 0 Å². The van der Waals surface area contributed by atoms with Crippen LogP contribution in [0.2, 0.25) is 10.0 Å². The first-order valence-electron chi connectivity index (χ1n) is 2.89. The Morgan fingerprint density at radius 3 is 2.73 bits per heavy atom. The Morgan fingerprint density at radius 2 is 2.09 bits per heavy atom. The summed E-state index contributed by atoms with van der Waals surface area (Å²) in [4.78, 5) is 10.0. The summed E-state index contributed by atoms with van der Waals surface area (Å²) < 4.78 is 0. The Morgan fingerprint density at radius 1 is 1.36 bits per heavy atom. The summed E-state index contributed by atoms with van der Waals surface area (Å²) in [6.07, 6.45) is 0.553. The molecule has 0 aliphatic rings. The van der Waals surface area contributed by atoms with Gasteiger partial charge in [0.1, 0.15) is 0 Å². The lowest BCUT2D eigenvalue weighted by Gasteiger charge is -2.00. The second kappa shape index (κ2) is 3.60. The Bertz CT molecular complexity index is 275. The van der Waals surface area contributed by atoms with Crippen molar-refractivity contribution in [1.82, 2.24) is 0 Å². The summed E-state index contributed by atoms with van der Waals surface area (Å²) in [5.74, 6) is 0. The SMILES string of the molecule is O=CNc1cc(Cl)ccc1Cl. The van der Waals surface area contributed by atoms with Crippen LogP contribution in [-0.4, -0.2) is 6.41 Å². The number of hydrogen-bond donors (Lipinski definition) is 1. The average molecular weight is 190 g/mol. The molecule has 0 saturated heterocycles. The van der Waals surface area contributed by atoms with Crippen LogP contribution in [0, 0.1) is 0 Å². The van der Waals surface area contributed by atoms with Crippen molar-refractivity contribution in [3.8, 4) is 0 Å². The first-order valence-corrected chi connectivity index (χ1v) is 3.65. The van der Waals surface area contributed by atoms with Gasteiger partial charge in [0.05, 0.1) is 10.7 Å². The third-order valence-corrected chi connectivity index (χ3v) is 1.71. The maximum Gasteiger partial charge on any atom is 0.211 e. The summed E-state index contributed by atoms with van der Waals surface area (Å²) in [6, 6.07) is 4.86. The molecular formula is C7H5Cl2NO. The monoisotopic (exact) mass is 189 g/mol. The lowest BCUT2D eigenvalue weighted by atomic mass is 10.3. The molecule has 0 aliphatic carbocycles. The maximum atomic E-state index is 10.0. The van der Waals surface area contributed by atoms with Crippen LogP contribution in [0.25, 0.3) is 0 Å². The largest absolute Gasteiger partial charge is 0.327 e. The van der Waals surface area contributed by atoms with Gasteiger partial charge in [0, 0.05) is 5.02 Å². The standard InChI is InChI=1S/C7H5Cl2NO/c8-5-1-2-6(9)7(3-5)10-4-11/h1-4H,(H,10,11). The first kappa shape index (κ1) is 8.37. The number of carbonyl (C=O) groups excluding carboxylic acids is 1. The highest BCUT2D eigenvalue weighted by Crippen LogP contribution is 2.24. The second-order valence-electron chi connectivity index (χ2n) is 1.89. The lowest BCUT2D eigenvalue weighted by molar-refractivity contribution is -0.105. The highest BCUT2D eigenvalue weighted by molar-refractivity contribution is 6.35. The van der Waals surface area contributed by atoms with Gasteiger partial charge in [0.15, 0.2) is 0 Å². The van der Waals surface area contributed by atoms with Gasteiger partial charge < -0.3 is 5.32 Å². The zero-order valence-corrected chi connectivity index (χ0v) is 6.99. The van der Waals surface area contributed by atoms with Gasteiger partial charge in [-0.05, 0) is 18.2 Å². The van der Waals surface area contributed by atoms with E-state index in [0.717, 1.165) is 0 Å². The Balaban J connectivity index is 3.01. The highest BCUT2D eigenvalue weighted by Gasteiger charge is 1.98. The van der Waals surface area contributed by atoms with Crippen LogP contribution in [-0.2, 0) is 4.79 Å². The molecule has 0 aromatic heterocycles. The van der Waals surface area contributed by atoms with E-state index in [1.807, 2.05) is 0 Å². The van der Waals surface area contributed by atoms with E-state index in [2.05, 4.69) is 5.32 Å². The van der Waals surface area contributed by atoms with Crippen LogP contribution in [0.5, 0.6) is 0 Å². The molecule has 1 rings (SSSR count). The number of rotatable bonds is 2. The van der Waals surface area contributed by atoms with Crippen molar-refractivity contribution < 1.29 is 4.79 Å². The highest BCUT2D eigenvalue weighted by atomic mass is 35.5. The number of carbonyl (C=O) groups is 1. The van der Waals surface area contributed by atoms with Gasteiger partial charge in [0.25, 0.3) is 0 Å². The molecule has 0 atom stereocenters. The summed E-state index contributed by atoms with van der Waals surface area (Å²) in [5.41, 5.74) is 0.522. The zero-order chi connectivity index (χ0) is 8.27. The van der Waals surface area contributed by atoms with E-state index in [9.17, 15) is 4.79 Å². The second-order valence-corrected chi connectivity index (χ2v) is 2.73. The molecule has 1 aromatic carbocycles. The lowest BCUT2D eigenvalue weighted by Crippen LogP contribution is -1.93. The fourth-order valence-electron chi connectivity index (χ4n) is 0.672. The van der Waals surface area contributed by atoms with Gasteiger partial charge in [-0.25, -0.2) is 0 Å². The van der Waals surface area contributed by atoms with Gasteiger partial charge in [0.2, 0.25) is 6.41 Å². The molecule has 0 unspecified atom stereocenters. The zero-order valence-electron chi connectivity index (χ0n) is 5.47. The van der Waals surface area contributed by atoms with Gasteiger partial charge in [-0.3, -0.25) is 4.79 Å². The average Bonchev–Trinajstić information content (AvgIpc) is 1.98. The van der Waals surface area contributed by atoms with Crippen molar-refractivity contribution in [3.05, 3.63) is 28.2 Å². The van der Waals surface area contributed by atoms with E-state index in [4.69, 9.17) is 23.2 Å². The van der Waals surface area contributed by atoms with Gasteiger partial charge >= 0.3 is 0 Å². The number of anilines is 1. The van der Waals surface area contributed by atoms with Crippen molar-refractivity contribution in [2.24, 2.45) is 0 Å². The molecule has 0 bridgehead atoms. The Hall–Kier alpha value is -0.730. The van der Waals surface area contributed by atoms with E-state index < -0.39 is 0 Å². The smallest absolute Gasteiger partial charge is 0.211 e. The quantitative estimate of drug-likeness (QED) is 0.713. The normalized spacial score (nSPS) is 9.27. The summed E-state index contributed by atoms with van der Waals surface area (Å²) in [5, 5.41) is 3.43. The van der Waals surface area contributed by atoms with Crippen molar-refractivity contribution in [1.29, 1.82) is 0 Å². The van der Waals surface area contributed by atoms with E-state index >= 15 is 0 Å². The van der Waals surface area contributed by atoms with Gasteiger partial charge in [-0.15, -0.1) is 0 Å². The summed E-state index contributed by atoms with van der Waals surface area (Å²) in [7, 11) is 0. The number of halogens is 2. The molecule has 1 N–H and O–H groups in total. The van der Waals surface area contributed by atoms with Crippen molar-refractivity contribution >= 4 is 35.3 Å². The minimum absolute atomic E-state index is 0.474. The molecule has 0 spiro atoms. The molecule has 1 amide bonds. The molecular weight excluding hydrogens is 185 g/mol. The molecule has 0 radical (unpaired) electrons. The molecule has 1 aromatic rings. The third-order valence-electron chi connectivity index (χ3n) is 1.14. The molecule has 0 aliphatic heterocycles. The molecule has 58 valence electrons. The number of benzene rings is 1. The molecule has 4 heteroatoms. The van der Waals surface area contributed by atoms with E-state index in [-0.39, 0.29) is 0 Å².